The van der Waals surface area contributed by atoms with Gasteiger partial charge in [0, 0.05) is 48.8 Å². The molecule has 4 rings (SSSR count). The molecule has 0 fully saturated rings. The molecule has 29 heavy (non-hydrogen) atoms. The summed E-state index contributed by atoms with van der Waals surface area (Å²) >= 11 is 0. The number of hydrogen-bond donors (Lipinski definition) is 2. The minimum atomic E-state index is -2.83. The Labute approximate surface area is 170 Å². The fourth-order valence-electron chi connectivity index (χ4n) is 3.48. The molecule has 0 bridgehead atoms. The predicted octanol–water partition coefficient (Wildman–Crippen LogP) is 4.74. The Balaban J connectivity index is 1.98. The quantitative estimate of drug-likeness (QED) is 0.510. The summed E-state index contributed by atoms with van der Waals surface area (Å²) in [7, 11) is 0.762. The maximum Gasteiger partial charge on any atom is 0.258 e. The minimum Gasteiger partial charge on any atom is -0.317 e. The third-order valence-electron chi connectivity index (χ3n) is 5.15. The Hall–Kier alpha value is -2.87. The second-order valence-electron chi connectivity index (χ2n) is 7.11. The van der Waals surface area contributed by atoms with E-state index in [9.17, 15) is 13.9 Å². The molecule has 0 radical (unpaired) electrons. The van der Waals surface area contributed by atoms with Gasteiger partial charge < -0.3 is 4.57 Å². The molecule has 7 heteroatoms. The molecule has 0 aliphatic rings. The number of rotatable bonds is 4. The number of hydrogen-bond acceptors (Lipinski definition) is 4. The second kappa shape index (κ2) is 7.18. The summed E-state index contributed by atoms with van der Waals surface area (Å²) in [4.78, 5) is 13.2. The van der Waals surface area contributed by atoms with Crippen LogP contribution in [0.15, 0.2) is 70.7 Å². The molecule has 0 saturated heterocycles. The molecule has 2 heterocycles. The van der Waals surface area contributed by atoms with Gasteiger partial charge in [-0.25, -0.2) is 0 Å². The average Bonchev–Trinajstić information content (AvgIpc) is 3.16. The molecular weight excluding hydrogens is 386 g/mol. The molecule has 150 valence electrons. The van der Waals surface area contributed by atoms with Gasteiger partial charge in [-0.2, -0.15) is 15.7 Å². The van der Waals surface area contributed by atoms with Crippen LogP contribution in [-0.4, -0.2) is 29.2 Å². The minimum absolute atomic E-state index is 0.0736. The van der Waals surface area contributed by atoms with Gasteiger partial charge in [-0.1, -0.05) is 18.2 Å². The van der Waals surface area contributed by atoms with Gasteiger partial charge in [-0.15, -0.1) is 0 Å². The summed E-state index contributed by atoms with van der Waals surface area (Å²) in [5.74, 6) is 0.260. The number of benzene rings is 2. The smallest absolute Gasteiger partial charge is 0.258 e. The van der Waals surface area contributed by atoms with Crippen molar-refractivity contribution in [3.63, 3.8) is 0 Å². The molecule has 4 aromatic rings. The standard InChI is InChI=1S/C22H23N3O3S/c1-4-29(27,28)18-7-5-6-16(10-18)21-14-24(2)22(26)19-9-8-15(11-20(19)21)17-12-23-25(3)13-17/h5-14,27-28H,4H2,1-3H3. The molecular formula is C22H23N3O3S. The van der Waals surface area contributed by atoms with E-state index < -0.39 is 10.6 Å². The van der Waals surface area contributed by atoms with Crippen molar-refractivity contribution >= 4 is 21.4 Å². The van der Waals surface area contributed by atoms with E-state index in [0.29, 0.717) is 10.3 Å². The van der Waals surface area contributed by atoms with E-state index >= 15 is 0 Å². The summed E-state index contributed by atoms with van der Waals surface area (Å²) in [6, 6.07) is 13.0. The van der Waals surface area contributed by atoms with Crippen molar-refractivity contribution in [2.75, 3.05) is 5.75 Å². The van der Waals surface area contributed by atoms with Crippen LogP contribution in [0.3, 0.4) is 0 Å². The molecule has 0 unspecified atom stereocenters. The van der Waals surface area contributed by atoms with Crippen molar-refractivity contribution in [1.29, 1.82) is 0 Å². The van der Waals surface area contributed by atoms with Crippen LogP contribution in [0.2, 0.25) is 0 Å². The average molecular weight is 410 g/mol. The van der Waals surface area contributed by atoms with Gasteiger partial charge in [0.05, 0.1) is 11.1 Å². The van der Waals surface area contributed by atoms with E-state index in [4.69, 9.17) is 0 Å². The SMILES string of the molecule is CCS(O)(O)c1cccc(-c2cn(C)c(=O)c3ccc(-c4cnn(C)c4)cc23)c1. The summed E-state index contributed by atoms with van der Waals surface area (Å²) in [5, 5.41) is 5.67. The van der Waals surface area contributed by atoms with Crippen molar-refractivity contribution < 1.29 is 9.11 Å². The highest BCUT2D eigenvalue weighted by Crippen LogP contribution is 2.48. The third kappa shape index (κ3) is 3.48. The van der Waals surface area contributed by atoms with Crippen LogP contribution in [0.4, 0.5) is 0 Å². The molecule has 0 aliphatic heterocycles. The van der Waals surface area contributed by atoms with Crippen LogP contribution in [0.5, 0.6) is 0 Å². The van der Waals surface area contributed by atoms with E-state index in [1.807, 2.05) is 43.6 Å². The number of pyridine rings is 1. The number of aromatic nitrogens is 3. The topological polar surface area (TPSA) is 80.3 Å². The highest BCUT2D eigenvalue weighted by Gasteiger charge is 2.16. The van der Waals surface area contributed by atoms with Crippen molar-refractivity contribution in [1.82, 2.24) is 14.3 Å². The lowest BCUT2D eigenvalue weighted by Crippen LogP contribution is -2.16. The van der Waals surface area contributed by atoms with Crippen LogP contribution < -0.4 is 5.56 Å². The molecule has 2 aromatic heterocycles. The first-order chi connectivity index (χ1) is 13.8. The summed E-state index contributed by atoms with van der Waals surface area (Å²) in [5.41, 5.74) is 3.56. The Morgan fingerprint density at radius 3 is 2.45 bits per heavy atom. The summed E-state index contributed by atoms with van der Waals surface area (Å²) in [6.45, 7) is 1.75. The van der Waals surface area contributed by atoms with E-state index in [0.717, 1.165) is 27.6 Å². The molecule has 2 N–H and O–H groups in total. The molecule has 2 aromatic carbocycles. The molecule has 0 saturated carbocycles. The fourth-order valence-corrected chi connectivity index (χ4v) is 4.42. The van der Waals surface area contributed by atoms with Gasteiger partial charge in [0.25, 0.3) is 5.56 Å². The monoisotopic (exact) mass is 409 g/mol. The van der Waals surface area contributed by atoms with Crippen LogP contribution in [0.25, 0.3) is 33.0 Å². The van der Waals surface area contributed by atoms with E-state index in [1.54, 1.807) is 47.7 Å². The van der Waals surface area contributed by atoms with E-state index in [-0.39, 0.29) is 11.3 Å². The van der Waals surface area contributed by atoms with Crippen molar-refractivity contribution in [2.45, 2.75) is 11.8 Å². The summed E-state index contributed by atoms with van der Waals surface area (Å²) in [6.07, 6.45) is 5.52. The first kappa shape index (κ1) is 19.4. The predicted molar refractivity (Wildman–Crippen MR) is 118 cm³/mol. The zero-order valence-corrected chi connectivity index (χ0v) is 17.3. The van der Waals surface area contributed by atoms with Crippen LogP contribution in [-0.2, 0) is 14.1 Å². The Morgan fingerprint density at radius 2 is 1.76 bits per heavy atom. The van der Waals surface area contributed by atoms with Gasteiger partial charge in [0.1, 0.15) is 0 Å². The van der Waals surface area contributed by atoms with E-state index in [2.05, 4.69) is 5.10 Å². The maximum atomic E-state index is 12.7. The van der Waals surface area contributed by atoms with Gasteiger partial charge in [0.15, 0.2) is 0 Å². The molecule has 0 amide bonds. The van der Waals surface area contributed by atoms with Gasteiger partial charge in [0.2, 0.25) is 0 Å². The largest absolute Gasteiger partial charge is 0.317 e. The van der Waals surface area contributed by atoms with Gasteiger partial charge >= 0.3 is 0 Å². The van der Waals surface area contributed by atoms with Gasteiger partial charge in [-0.3, -0.25) is 18.6 Å². The zero-order chi connectivity index (χ0) is 20.8. The highest BCUT2D eigenvalue weighted by atomic mass is 32.3. The first-order valence-electron chi connectivity index (χ1n) is 9.29. The first-order valence-corrected chi connectivity index (χ1v) is 11.0. The van der Waals surface area contributed by atoms with Crippen LogP contribution in [0.1, 0.15) is 6.92 Å². The zero-order valence-electron chi connectivity index (χ0n) is 16.5. The van der Waals surface area contributed by atoms with Crippen molar-refractivity contribution in [3.8, 4) is 22.3 Å². The fraction of sp³-hybridized carbons (Fsp3) is 0.182. The van der Waals surface area contributed by atoms with Crippen LogP contribution in [0, 0.1) is 0 Å². The van der Waals surface area contributed by atoms with Crippen LogP contribution >= 0.6 is 10.6 Å². The second-order valence-corrected chi connectivity index (χ2v) is 9.49. The lowest BCUT2D eigenvalue weighted by atomic mass is 9.97. The maximum absolute atomic E-state index is 12.7. The van der Waals surface area contributed by atoms with Crippen molar-refractivity contribution in [2.24, 2.45) is 14.1 Å². The number of aryl methyl sites for hydroxylation is 2. The molecule has 0 spiro atoms. The Kier molecular flexibility index (Phi) is 4.82. The van der Waals surface area contributed by atoms with E-state index in [1.165, 1.54) is 0 Å². The van der Waals surface area contributed by atoms with Crippen molar-refractivity contribution in [3.05, 3.63) is 71.4 Å². The number of nitrogens with zero attached hydrogens (tertiary/aromatic N) is 3. The third-order valence-corrected chi connectivity index (χ3v) is 6.96. The Morgan fingerprint density at radius 1 is 0.966 bits per heavy atom. The lowest BCUT2D eigenvalue weighted by Gasteiger charge is -2.31. The normalized spacial score (nSPS) is 12.4. The molecule has 6 nitrogen and oxygen atoms in total. The molecule has 0 aliphatic carbocycles. The summed E-state index contributed by atoms with van der Waals surface area (Å²) < 4.78 is 24.0. The number of fused-ring (bicyclic) bond motifs is 1. The molecule has 0 atom stereocenters. The van der Waals surface area contributed by atoms with Gasteiger partial charge in [-0.05, 0) is 47.7 Å². The lowest BCUT2D eigenvalue weighted by molar-refractivity contribution is 0.488. The Bertz CT molecular complexity index is 1270. The highest BCUT2D eigenvalue weighted by molar-refractivity contribution is 8.24.